The summed E-state index contributed by atoms with van der Waals surface area (Å²) in [5, 5.41) is 7.41. The monoisotopic (exact) mass is 352 g/mol. The number of nitrogens with one attached hydrogen (secondary N) is 3. The van der Waals surface area contributed by atoms with Crippen LogP contribution in [0.4, 0.5) is 0 Å². The number of piperidine rings is 1. The van der Waals surface area contributed by atoms with Gasteiger partial charge in [0, 0.05) is 30.2 Å². The highest BCUT2D eigenvalue weighted by Gasteiger charge is 2.17. The molecule has 128 valence electrons. The molecule has 0 aliphatic carbocycles. The first-order chi connectivity index (χ1) is 11.2. The van der Waals surface area contributed by atoms with E-state index in [2.05, 4.69) is 41.8 Å². The van der Waals surface area contributed by atoms with Crippen molar-refractivity contribution >= 4 is 29.1 Å². The van der Waals surface area contributed by atoms with Gasteiger partial charge in [0.15, 0.2) is 5.11 Å². The summed E-state index contributed by atoms with van der Waals surface area (Å²) in [6.07, 6.45) is 3.98. The predicted molar refractivity (Wildman–Crippen MR) is 104 cm³/mol. The molecule has 0 unspecified atom stereocenters. The van der Waals surface area contributed by atoms with Crippen molar-refractivity contribution in [1.29, 1.82) is 0 Å². The standard InChI is InChI=1S/C18H29N3S2/c1-16-8-13-21(14-9-16)12-5-10-19-18(22)20-11-15-23-17-6-3-2-4-7-17/h2-4,6-7,16H,5,8-15H2,1H3,(H2,19,20,22)/p+1. The fourth-order valence-electron chi connectivity index (χ4n) is 2.87. The molecular formula is C18H30N3S2+. The second-order valence-electron chi connectivity index (χ2n) is 6.38. The lowest BCUT2D eigenvalue weighted by Crippen LogP contribution is -3.13. The van der Waals surface area contributed by atoms with Crippen molar-refractivity contribution < 1.29 is 4.90 Å². The zero-order valence-electron chi connectivity index (χ0n) is 14.1. The van der Waals surface area contributed by atoms with Gasteiger partial charge in [-0.3, -0.25) is 0 Å². The lowest BCUT2D eigenvalue weighted by molar-refractivity contribution is -0.906. The van der Waals surface area contributed by atoms with E-state index in [-0.39, 0.29) is 0 Å². The second kappa shape index (κ2) is 10.9. The van der Waals surface area contributed by atoms with E-state index in [1.807, 2.05) is 17.8 Å². The molecule has 0 atom stereocenters. The summed E-state index contributed by atoms with van der Waals surface area (Å²) in [5.74, 6) is 1.96. The molecule has 0 radical (unpaired) electrons. The van der Waals surface area contributed by atoms with E-state index in [1.165, 1.54) is 43.8 Å². The number of thiocarbonyl (C=S) groups is 1. The largest absolute Gasteiger partial charge is 0.363 e. The summed E-state index contributed by atoms with van der Waals surface area (Å²) in [5.41, 5.74) is 0. The van der Waals surface area contributed by atoms with E-state index in [0.29, 0.717) is 0 Å². The van der Waals surface area contributed by atoms with E-state index in [4.69, 9.17) is 12.2 Å². The molecular weight excluding hydrogens is 322 g/mol. The molecule has 1 aliphatic heterocycles. The lowest BCUT2D eigenvalue weighted by Gasteiger charge is -2.27. The van der Waals surface area contributed by atoms with Crippen LogP contribution < -0.4 is 15.5 Å². The average Bonchev–Trinajstić information content (AvgIpc) is 2.58. The Labute approximate surface area is 150 Å². The van der Waals surface area contributed by atoms with E-state index in [0.717, 1.165) is 29.9 Å². The van der Waals surface area contributed by atoms with Crippen LogP contribution in [0.5, 0.6) is 0 Å². The number of quaternary nitrogens is 1. The number of rotatable bonds is 8. The van der Waals surface area contributed by atoms with Crippen molar-refractivity contribution in [2.24, 2.45) is 5.92 Å². The van der Waals surface area contributed by atoms with Crippen molar-refractivity contribution in [3.63, 3.8) is 0 Å². The smallest absolute Gasteiger partial charge is 0.166 e. The Morgan fingerprint density at radius 2 is 1.87 bits per heavy atom. The minimum absolute atomic E-state index is 0.793. The fourth-order valence-corrected chi connectivity index (χ4v) is 3.87. The molecule has 3 N–H and O–H groups in total. The van der Waals surface area contributed by atoms with Gasteiger partial charge in [-0.25, -0.2) is 0 Å². The Morgan fingerprint density at radius 1 is 1.17 bits per heavy atom. The summed E-state index contributed by atoms with van der Waals surface area (Å²) in [4.78, 5) is 3.08. The Morgan fingerprint density at radius 3 is 2.61 bits per heavy atom. The number of hydrogen-bond acceptors (Lipinski definition) is 2. The molecule has 0 saturated carbocycles. The van der Waals surface area contributed by atoms with Crippen LogP contribution in [-0.2, 0) is 0 Å². The van der Waals surface area contributed by atoms with Crippen LogP contribution in [-0.4, -0.2) is 43.6 Å². The van der Waals surface area contributed by atoms with Crippen LogP contribution in [0.3, 0.4) is 0 Å². The van der Waals surface area contributed by atoms with Crippen molar-refractivity contribution in [3.8, 4) is 0 Å². The topological polar surface area (TPSA) is 28.5 Å². The maximum Gasteiger partial charge on any atom is 0.166 e. The molecule has 3 nitrogen and oxygen atoms in total. The predicted octanol–water partition coefficient (Wildman–Crippen LogP) is 1.95. The van der Waals surface area contributed by atoms with Crippen molar-refractivity contribution in [3.05, 3.63) is 30.3 Å². The molecule has 0 bridgehead atoms. The molecule has 5 heteroatoms. The summed E-state index contributed by atoms with van der Waals surface area (Å²) in [7, 11) is 0. The highest BCUT2D eigenvalue weighted by atomic mass is 32.2. The van der Waals surface area contributed by atoms with Crippen LogP contribution in [0.2, 0.25) is 0 Å². The van der Waals surface area contributed by atoms with Gasteiger partial charge in [-0.15, -0.1) is 11.8 Å². The quantitative estimate of drug-likeness (QED) is 0.379. The van der Waals surface area contributed by atoms with Gasteiger partial charge in [0.1, 0.15) is 0 Å². The first-order valence-corrected chi connectivity index (χ1v) is 10.2. The Hall–Kier alpha value is -0.780. The zero-order valence-corrected chi connectivity index (χ0v) is 15.8. The highest BCUT2D eigenvalue weighted by Crippen LogP contribution is 2.15. The maximum absolute atomic E-state index is 5.33. The highest BCUT2D eigenvalue weighted by molar-refractivity contribution is 7.99. The van der Waals surface area contributed by atoms with Crippen LogP contribution in [0.25, 0.3) is 0 Å². The molecule has 23 heavy (non-hydrogen) atoms. The second-order valence-corrected chi connectivity index (χ2v) is 7.96. The van der Waals surface area contributed by atoms with E-state index >= 15 is 0 Å². The number of benzene rings is 1. The molecule has 1 fully saturated rings. The molecule has 0 spiro atoms. The van der Waals surface area contributed by atoms with Crippen molar-refractivity contribution in [2.75, 3.05) is 38.5 Å². The summed E-state index contributed by atoms with van der Waals surface area (Å²) < 4.78 is 0. The summed E-state index contributed by atoms with van der Waals surface area (Å²) in [6, 6.07) is 10.5. The van der Waals surface area contributed by atoms with E-state index in [9.17, 15) is 0 Å². The number of thioether (sulfide) groups is 1. The summed E-state index contributed by atoms with van der Waals surface area (Å²) >= 11 is 7.19. The molecule has 0 aromatic heterocycles. The van der Waals surface area contributed by atoms with E-state index in [1.54, 1.807) is 4.90 Å². The number of hydrogen-bond donors (Lipinski definition) is 3. The first-order valence-electron chi connectivity index (χ1n) is 8.77. The van der Waals surface area contributed by atoms with Crippen LogP contribution in [0, 0.1) is 5.92 Å². The zero-order chi connectivity index (χ0) is 16.3. The third-order valence-corrected chi connectivity index (χ3v) is 5.68. The molecule has 1 heterocycles. The van der Waals surface area contributed by atoms with E-state index < -0.39 is 0 Å². The minimum Gasteiger partial charge on any atom is -0.363 e. The Kier molecular flexibility index (Phi) is 8.79. The molecule has 2 rings (SSSR count). The fraction of sp³-hybridized carbons (Fsp3) is 0.611. The molecule has 1 aromatic carbocycles. The summed E-state index contributed by atoms with van der Waals surface area (Å²) in [6.45, 7) is 8.23. The van der Waals surface area contributed by atoms with Gasteiger partial charge in [0.05, 0.1) is 19.6 Å². The van der Waals surface area contributed by atoms with Gasteiger partial charge in [0.2, 0.25) is 0 Å². The Balaban J connectivity index is 1.44. The average molecular weight is 353 g/mol. The van der Waals surface area contributed by atoms with Gasteiger partial charge < -0.3 is 15.5 Å². The van der Waals surface area contributed by atoms with Gasteiger partial charge in [-0.1, -0.05) is 25.1 Å². The molecule has 1 aliphatic rings. The van der Waals surface area contributed by atoms with Crippen LogP contribution in [0.1, 0.15) is 26.2 Å². The SMILES string of the molecule is CC1CC[NH+](CCCNC(=S)NCCSc2ccccc2)CC1. The maximum atomic E-state index is 5.33. The van der Waals surface area contributed by atoms with Crippen molar-refractivity contribution in [2.45, 2.75) is 31.1 Å². The van der Waals surface area contributed by atoms with Gasteiger partial charge in [-0.05, 0) is 43.1 Å². The molecule has 1 aromatic rings. The van der Waals surface area contributed by atoms with Gasteiger partial charge in [0.25, 0.3) is 0 Å². The first kappa shape index (κ1) is 18.6. The minimum atomic E-state index is 0.793. The van der Waals surface area contributed by atoms with Crippen LogP contribution >= 0.6 is 24.0 Å². The Bertz CT molecular complexity index is 445. The lowest BCUT2D eigenvalue weighted by atomic mass is 9.99. The normalized spacial score (nSPS) is 20.9. The van der Waals surface area contributed by atoms with Crippen LogP contribution in [0.15, 0.2) is 35.2 Å². The van der Waals surface area contributed by atoms with Gasteiger partial charge >= 0.3 is 0 Å². The van der Waals surface area contributed by atoms with Gasteiger partial charge in [-0.2, -0.15) is 0 Å². The third kappa shape index (κ3) is 8.04. The number of likely N-dealkylation sites (tertiary alicyclic amines) is 1. The molecule has 1 saturated heterocycles. The third-order valence-electron chi connectivity index (χ3n) is 4.37. The molecule has 0 amide bonds. The van der Waals surface area contributed by atoms with Crippen molar-refractivity contribution in [1.82, 2.24) is 10.6 Å².